The van der Waals surface area contributed by atoms with Crippen molar-refractivity contribution in [2.24, 2.45) is 0 Å². The van der Waals surface area contributed by atoms with E-state index in [1.165, 1.54) is 12.1 Å². The van der Waals surface area contributed by atoms with Crippen molar-refractivity contribution in [2.45, 2.75) is 22.9 Å². The average Bonchev–Trinajstić information content (AvgIpc) is 2.33. The van der Waals surface area contributed by atoms with E-state index < -0.39 is 11.7 Å². The molecule has 0 aliphatic carbocycles. The van der Waals surface area contributed by atoms with Crippen LogP contribution in [0, 0.1) is 0 Å². The molecule has 1 nitrogen and oxygen atoms in total. The first-order chi connectivity index (χ1) is 8.88. The molecule has 1 heterocycles. The van der Waals surface area contributed by atoms with E-state index in [9.17, 15) is 13.2 Å². The Morgan fingerprint density at radius 3 is 2.42 bits per heavy atom. The maximum Gasteiger partial charge on any atom is 0.416 e. The molecule has 0 bridgehead atoms. The molecule has 1 aliphatic rings. The molecule has 1 aromatic rings. The Morgan fingerprint density at radius 2 is 1.89 bits per heavy atom. The second kappa shape index (κ2) is 5.89. The van der Waals surface area contributed by atoms with Crippen molar-refractivity contribution in [1.29, 1.82) is 0 Å². The highest BCUT2D eigenvalue weighted by Crippen LogP contribution is 2.36. The maximum absolute atomic E-state index is 12.5. The maximum atomic E-state index is 12.5. The molecule has 1 atom stereocenters. The molecular weight excluding hydrogens is 339 g/mol. The Labute approximate surface area is 123 Å². The highest BCUT2D eigenvalue weighted by atomic mass is 79.9. The lowest BCUT2D eigenvalue weighted by molar-refractivity contribution is -0.137. The summed E-state index contributed by atoms with van der Waals surface area (Å²) in [5.41, 5.74) is -0.608. The zero-order chi connectivity index (χ0) is 14.0. The molecule has 19 heavy (non-hydrogen) atoms. The third kappa shape index (κ3) is 3.77. The van der Waals surface area contributed by atoms with Crippen LogP contribution in [0.5, 0.6) is 0 Å². The van der Waals surface area contributed by atoms with Crippen LogP contribution in [-0.4, -0.2) is 23.9 Å². The average molecular weight is 352 g/mol. The van der Waals surface area contributed by atoms with E-state index >= 15 is 0 Å². The molecule has 0 amide bonds. The Kier molecular flexibility index (Phi) is 4.63. The fourth-order valence-corrected chi connectivity index (χ4v) is 3.74. The number of likely N-dealkylation sites (N-methyl/N-ethyl adjacent to an activating group) is 1. The minimum atomic E-state index is -4.27. The first-order valence-corrected chi connectivity index (χ1v) is 7.45. The van der Waals surface area contributed by atoms with Crippen LogP contribution in [-0.2, 0) is 6.18 Å². The lowest BCUT2D eigenvalue weighted by Gasteiger charge is -2.30. The lowest BCUT2D eigenvalue weighted by atomic mass is 10.2. The first-order valence-electron chi connectivity index (χ1n) is 5.77. The second-order valence-corrected chi connectivity index (χ2v) is 6.42. The second-order valence-electron chi connectivity index (χ2n) is 4.35. The summed E-state index contributed by atoms with van der Waals surface area (Å²) in [6.07, 6.45) is -1.17. The van der Waals surface area contributed by atoms with Gasteiger partial charge in [-0.2, -0.15) is 13.2 Å². The monoisotopic (exact) mass is 351 g/mol. The molecule has 0 radical (unpaired) electrons. The number of rotatable bonds is 2. The molecule has 0 saturated heterocycles. The van der Waals surface area contributed by atoms with E-state index in [0.29, 0.717) is 0 Å². The van der Waals surface area contributed by atoms with Gasteiger partial charge < -0.3 is 0 Å². The summed E-state index contributed by atoms with van der Waals surface area (Å²) >= 11 is 5.06. The van der Waals surface area contributed by atoms with Crippen molar-refractivity contribution in [1.82, 2.24) is 4.90 Å². The largest absolute Gasteiger partial charge is 0.416 e. The summed E-state index contributed by atoms with van der Waals surface area (Å²) in [5.74, 6) is 0. The zero-order valence-electron chi connectivity index (χ0n) is 10.2. The normalized spacial score (nSPS) is 21.3. The van der Waals surface area contributed by atoms with Gasteiger partial charge in [0.1, 0.15) is 0 Å². The molecule has 0 N–H and O–H groups in total. The molecule has 0 fully saturated rings. The molecule has 104 valence electrons. The highest BCUT2D eigenvalue weighted by Gasteiger charge is 2.30. The van der Waals surface area contributed by atoms with Gasteiger partial charge in [-0.15, -0.1) is 11.8 Å². The standard InChI is InChI=1S/C13H13BrF3NS/c1-18-8-2-3-11(14)12(18)19-10-6-4-9(5-7-10)13(15,16)17/h3-7,12H,2,8H2,1H3. The third-order valence-corrected chi connectivity index (χ3v) is 5.33. The SMILES string of the molecule is CN1CCC=C(Br)C1Sc1ccc(C(F)(F)F)cc1. The van der Waals surface area contributed by atoms with Crippen LogP contribution in [0.15, 0.2) is 39.7 Å². The molecule has 0 spiro atoms. The Hall–Kier alpha value is -0.460. The lowest BCUT2D eigenvalue weighted by Crippen LogP contribution is -2.32. The zero-order valence-corrected chi connectivity index (χ0v) is 12.6. The highest BCUT2D eigenvalue weighted by molar-refractivity contribution is 9.11. The minimum Gasteiger partial charge on any atom is -0.290 e. The van der Waals surface area contributed by atoms with Crippen molar-refractivity contribution in [2.75, 3.05) is 13.6 Å². The molecule has 0 aromatic heterocycles. The molecule has 1 unspecified atom stereocenters. The van der Waals surface area contributed by atoms with Gasteiger partial charge in [0.15, 0.2) is 0 Å². The van der Waals surface area contributed by atoms with Crippen LogP contribution in [0.3, 0.4) is 0 Å². The van der Waals surface area contributed by atoms with Gasteiger partial charge in [-0.05, 0) is 37.7 Å². The van der Waals surface area contributed by atoms with E-state index in [0.717, 1.165) is 34.5 Å². The van der Waals surface area contributed by atoms with Crippen LogP contribution in [0.4, 0.5) is 13.2 Å². The van der Waals surface area contributed by atoms with Crippen LogP contribution < -0.4 is 0 Å². The van der Waals surface area contributed by atoms with Gasteiger partial charge >= 0.3 is 6.18 Å². The van der Waals surface area contributed by atoms with Crippen molar-refractivity contribution in [3.05, 3.63) is 40.4 Å². The fraction of sp³-hybridized carbons (Fsp3) is 0.385. The summed E-state index contributed by atoms with van der Waals surface area (Å²) < 4.78 is 38.5. The van der Waals surface area contributed by atoms with Crippen molar-refractivity contribution in [3.8, 4) is 0 Å². The van der Waals surface area contributed by atoms with Gasteiger partial charge in [-0.3, -0.25) is 4.90 Å². The van der Waals surface area contributed by atoms with Crippen LogP contribution >= 0.6 is 27.7 Å². The Balaban J connectivity index is 2.11. The van der Waals surface area contributed by atoms with E-state index in [2.05, 4.69) is 26.9 Å². The van der Waals surface area contributed by atoms with Crippen molar-refractivity contribution in [3.63, 3.8) is 0 Å². The first kappa shape index (κ1) is 14.9. The summed E-state index contributed by atoms with van der Waals surface area (Å²) in [5, 5.41) is 0.130. The van der Waals surface area contributed by atoms with E-state index in [-0.39, 0.29) is 5.37 Å². The molecule has 0 saturated carbocycles. The van der Waals surface area contributed by atoms with Crippen LogP contribution in [0.25, 0.3) is 0 Å². The number of hydrogen-bond donors (Lipinski definition) is 0. The van der Waals surface area contributed by atoms with Gasteiger partial charge in [0.05, 0.1) is 10.9 Å². The van der Waals surface area contributed by atoms with Crippen LogP contribution in [0.2, 0.25) is 0 Å². The van der Waals surface area contributed by atoms with Crippen molar-refractivity contribution < 1.29 is 13.2 Å². The fourth-order valence-electron chi connectivity index (χ4n) is 1.83. The molecule has 6 heteroatoms. The van der Waals surface area contributed by atoms with Crippen LogP contribution in [0.1, 0.15) is 12.0 Å². The van der Waals surface area contributed by atoms with Gasteiger partial charge in [-0.1, -0.05) is 22.0 Å². The molecule has 1 aliphatic heterocycles. The van der Waals surface area contributed by atoms with Gasteiger partial charge in [0, 0.05) is 15.9 Å². The molecular formula is C13H13BrF3NS. The predicted molar refractivity (Wildman–Crippen MR) is 75.3 cm³/mol. The van der Waals surface area contributed by atoms with E-state index in [4.69, 9.17) is 0 Å². The van der Waals surface area contributed by atoms with Crippen molar-refractivity contribution >= 4 is 27.7 Å². The van der Waals surface area contributed by atoms with Gasteiger partial charge in [0.2, 0.25) is 0 Å². The van der Waals surface area contributed by atoms with E-state index in [1.54, 1.807) is 11.8 Å². The summed E-state index contributed by atoms with van der Waals surface area (Å²) in [6.45, 7) is 0.952. The summed E-state index contributed by atoms with van der Waals surface area (Å²) in [4.78, 5) is 3.00. The topological polar surface area (TPSA) is 3.24 Å². The summed E-state index contributed by atoms with van der Waals surface area (Å²) in [6, 6.07) is 5.30. The van der Waals surface area contributed by atoms with Gasteiger partial charge in [-0.25, -0.2) is 0 Å². The molecule has 2 rings (SSSR count). The van der Waals surface area contributed by atoms with Gasteiger partial charge in [0.25, 0.3) is 0 Å². The predicted octanol–water partition coefficient (Wildman–Crippen LogP) is 4.74. The number of halogens is 4. The number of benzene rings is 1. The Morgan fingerprint density at radius 1 is 1.26 bits per heavy atom. The number of alkyl halides is 3. The smallest absolute Gasteiger partial charge is 0.290 e. The number of hydrogen-bond acceptors (Lipinski definition) is 2. The quantitative estimate of drug-likeness (QED) is 0.757. The van der Waals surface area contributed by atoms with E-state index in [1.807, 2.05) is 7.05 Å². The third-order valence-electron chi connectivity index (χ3n) is 2.89. The number of thioether (sulfide) groups is 1. The number of nitrogens with zero attached hydrogens (tertiary/aromatic N) is 1. The summed E-state index contributed by atoms with van der Waals surface area (Å²) in [7, 11) is 2.01. The Bertz CT molecular complexity index is 470. The minimum absolute atomic E-state index is 0.130. The molecule has 1 aromatic carbocycles.